The van der Waals surface area contributed by atoms with Crippen molar-refractivity contribution in [3.63, 3.8) is 0 Å². The molecular formula is C7H7NO3. The molecular weight excluding hydrogens is 146 g/mol. The highest BCUT2D eigenvalue weighted by atomic mass is 16.5. The quantitative estimate of drug-likeness (QED) is 0.501. The molecule has 0 aromatic heterocycles. The van der Waals surface area contributed by atoms with Gasteiger partial charge < -0.3 is 4.74 Å². The van der Waals surface area contributed by atoms with Gasteiger partial charge in [-0.25, -0.2) is 4.99 Å². The maximum Gasteiger partial charge on any atom is 0.287 e. The summed E-state index contributed by atoms with van der Waals surface area (Å²) in [4.78, 5) is 25.1. The van der Waals surface area contributed by atoms with Gasteiger partial charge in [0, 0.05) is 12.3 Å². The number of hydrogen-bond donors (Lipinski definition) is 0. The number of ether oxygens (including phenoxy) is 1. The number of aliphatic imine (C=N–C) groups is 1. The number of allylic oxidation sites excluding steroid dienone is 1. The van der Waals surface area contributed by atoms with E-state index < -0.39 is 11.6 Å². The van der Waals surface area contributed by atoms with Crippen molar-refractivity contribution >= 4 is 17.5 Å². The zero-order chi connectivity index (χ0) is 8.27. The lowest BCUT2D eigenvalue weighted by Gasteiger charge is -2.04. The lowest BCUT2D eigenvalue weighted by molar-refractivity contribution is -0.130. The predicted molar refractivity (Wildman–Crippen MR) is 38.2 cm³/mol. The van der Waals surface area contributed by atoms with Crippen molar-refractivity contribution in [1.82, 2.24) is 0 Å². The summed E-state index contributed by atoms with van der Waals surface area (Å²) < 4.78 is 4.79. The van der Waals surface area contributed by atoms with E-state index in [-0.39, 0.29) is 5.90 Å². The number of nitrogens with zero attached hydrogens (tertiary/aromatic N) is 1. The first-order valence-electron chi connectivity index (χ1n) is 3.21. The minimum atomic E-state index is -0.672. The summed E-state index contributed by atoms with van der Waals surface area (Å²) in [6.45, 7) is 2.06. The topological polar surface area (TPSA) is 55.7 Å². The monoisotopic (exact) mass is 153 g/mol. The number of Topliss-reactive ketones (excluding diaryl/α,β-unsaturated/α-hetero) is 1. The number of ketones is 2. The Hall–Kier alpha value is -1.45. The fourth-order valence-electron chi connectivity index (χ4n) is 0.652. The molecule has 0 bridgehead atoms. The van der Waals surface area contributed by atoms with E-state index in [1.165, 1.54) is 6.20 Å². The maximum atomic E-state index is 10.9. The van der Waals surface area contributed by atoms with Crippen molar-refractivity contribution in [3.05, 3.63) is 12.3 Å². The van der Waals surface area contributed by atoms with Crippen LogP contribution in [0.5, 0.6) is 0 Å². The van der Waals surface area contributed by atoms with Gasteiger partial charge in [-0.3, -0.25) is 9.59 Å². The highest BCUT2D eigenvalue weighted by molar-refractivity contribution is 6.66. The third kappa shape index (κ3) is 1.52. The van der Waals surface area contributed by atoms with E-state index >= 15 is 0 Å². The average molecular weight is 153 g/mol. The Balaban J connectivity index is 2.78. The molecule has 1 aliphatic rings. The van der Waals surface area contributed by atoms with Crippen LogP contribution in [-0.2, 0) is 14.3 Å². The molecule has 0 fully saturated rings. The smallest absolute Gasteiger partial charge is 0.287 e. The summed E-state index contributed by atoms with van der Waals surface area (Å²) >= 11 is 0. The molecule has 0 atom stereocenters. The minimum absolute atomic E-state index is 0.111. The van der Waals surface area contributed by atoms with Crippen molar-refractivity contribution in [2.75, 3.05) is 6.61 Å². The second-order valence-corrected chi connectivity index (χ2v) is 1.88. The summed E-state index contributed by atoms with van der Waals surface area (Å²) in [6, 6.07) is 0. The fraction of sp³-hybridized carbons (Fsp3) is 0.286. The van der Waals surface area contributed by atoms with Gasteiger partial charge >= 0.3 is 0 Å². The molecule has 0 aromatic rings. The SMILES string of the molecule is CCOC1=NC=CC(=O)C1=O. The Morgan fingerprint density at radius 2 is 2.27 bits per heavy atom. The molecule has 58 valence electrons. The van der Waals surface area contributed by atoms with Gasteiger partial charge in [-0.05, 0) is 6.92 Å². The largest absolute Gasteiger partial charge is 0.475 e. The van der Waals surface area contributed by atoms with Crippen molar-refractivity contribution in [2.45, 2.75) is 6.92 Å². The van der Waals surface area contributed by atoms with E-state index in [9.17, 15) is 9.59 Å². The molecule has 11 heavy (non-hydrogen) atoms. The first-order valence-corrected chi connectivity index (χ1v) is 3.21. The Labute approximate surface area is 63.6 Å². The Bertz CT molecular complexity index is 252. The molecule has 1 rings (SSSR count). The summed E-state index contributed by atoms with van der Waals surface area (Å²) in [5.41, 5.74) is 0. The lowest BCUT2D eigenvalue weighted by atomic mass is 10.2. The number of hydrogen-bond acceptors (Lipinski definition) is 4. The normalized spacial score (nSPS) is 16.6. The van der Waals surface area contributed by atoms with Crippen LogP contribution in [0.2, 0.25) is 0 Å². The summed E-state index contributed by atoms with van der Waals surface area (Å²) in [5.74, 6) is -1.36. The standard InChI is InChI=1S/C7H7NO3/c1-2-11-7-6(10)5(9)3-4-8-7/h3-4H,2H2,1H3. The molecule has 0 amide bonds. The van der Waals surface area contributed by atoms with Gasteiger partial charge in [0.05, 0.1) is 6.61 Å². The van der Waals surface area contributed by atoms with Crippen LogP contribution in [0, 0.1) is 0 Å². The molecule has 0 radical (unpaired) electrons. The first-order chi connectivity index (χ1) is 5.25. The molecule has 0 N–H and O–H groups in total. The van der Waals surface area contributed by atoms with E-state index in [2.05, 4.69) is 4.99 Å². The van der Waals surface area contributed by atoms with Gasteiger partial charge in [0.25, 0.3) is 11.7 Å². The van der Waals surface area contributed by atoms with Crippen molar-refractivity contribution < 1.29 is 14.3 Å². The number of rotatable bonds is 1. The fourth-order valence-corrected chi connectivity index (χ4v) is 0.652. The number of carbonyl (C=O) groups excluding carboxylic acids is 2. The minimum Gasteiger partial charge on any atom is -0.475 e. The predicted octanol–water partition coefficient (Wildman–Crippen LogP) is 0.0869. The second kappa shape index (κ2) is 3.09. The van der Waals surface area contributed by atoms with E-state index in [1.54, 1.807) is 6.92 Å². The van der Waals surface area contributed by atoms with Gasteiger partial charge in [-0.1, -0.05) is 0 Å². The lowest BCUT2D eigenvalue weighted by Crippen LogP contribution is -2.26. The van der Waals surface area contributed by atoms with E-state index in [4.69, 9.17) is 4.74 Å². The van der Waals surface area contributed by atoms with E-state index in [0.717, 1.165) is 6.08 Å². The van der Waals surface area contributed by atoms with Gasteiger partial charge in [0.1, 0.15) is 0 Å². The first kappa shape index (κ1) is 7.65. The Morgan fingerprint density at radius 1 is 1.55 bits per heavy atom. The van der Waals surface area contributed by atoms with Crippen LogP contribution in [0.1, 0.15) is 6.92 Å². The third-order valence-corrected chi connectivity index (χ3v) is 1.12. The molecule has 4 nitrogen and oxygen atoms in total. The maximum absolute atomic E-state index is 10.9. The van der Waals surface area contributed by atoms with Crippen LogP contribution in [-0.4, -0.2) is 24.1 Å². The summed E-state index contributed by atoms with van der Waals surface area (Å²) in [5, 5.41) is 0. The molecule has 0 spiro atoms. The average Bonchev–Trinajstić information content (AvgIpc) is 1.99. The summed E-state index contributed by atoms with van der Waals surface area (Å²) in [7, 11) is 0. The van der Waals surface area contributed by atoms with Crippen LogP contribution in [0.3, 0.4) is 0 Å². The highest BCUT2D eigenvalue weighted by Gasteiger charge is 2.21. The zero-order valence-corrected chi connectivity index (χ0v) is 6.03. The van der Waals surface area contributed by atoms with Gasteiger partial charge in [-0.2, -0.15) is 0 Å². The van der Waals surface area contributed by atoms with Gasteiger partial charge in [0.2, 0.25) is 5.78 Å². The van der Waals surface area contributed by atoms with Crippen LogP contribution in [0.25, 0.3) is 0 Å². The Morgan fingerprint density at radius 3 is 2.91 bits per heavy atom. The molecule has 1 aliphatic heterocycles. The van der Waals surface area contributed by atoms with Crippen LogP contribution >= 0.6 is 0 Å². The molecule has 0 saturated heterocycles. The zero-order valence-electron chi connectivity index (χ0n) is 6.03. The van der Waals surface area contributed by atoms with Crippen molar-refractivity contribution in [1.29, 1.82) is 0 Å². The molecule has 0 aromatic carbocycles. The summed E-state index contributed by atoms with van der Waals surface area (Å²) in [6.07, 6.45) is 2.37. The molecule has 4 heteroatoms. The van der Waals surface area contributed by atoms with Gasteiger partial charge in [-0.15, -0.1) is 0 Å². The van der Waals surface area contributed by atoms with Crippen molar-refractivity contribution in [2.24, 2.45) is 4.99 Å². The van der Waals surface area contributed by atoms with Crippen LogP contribution in [0.4, 0.5) is 0 Å². The van der Waals surface area contributed by atoms with Crippen LogP contribution < -0.4 is 0 Å². The highest BCUT2D eigenvalue weighted by Crippen LogP contribution is 1.96. The molecule has 1 heterocycles. The van der Waals surface area contributed by atoms with Crippen LogP contribution in [0.15, 0.2) is 17.3 Å². The van der Waals surface area contributed by atoms with Crippen molar-refractivity contribution in [3.8, 4) is 0 Å². The molecule has 0 saturated carbocycles. The second-order valence-electron chi connectivity index (χ2n) is 1.88. The Kier molecular flexibility index (Phi) is 2.15. The van der Waals surface area contributed by atoms with Gasteiger partial charge in [0.15, 0.2) is 0 Å². The van der Waals surface area contributed by atoms with E-state index in [0.29, 0.717) is 6.61 Å². The van der Waals surface area contributed by atoms with E-state index in [1.807, 2.05) is 0 Å². The molecule has 0 unspecified atom stereocenters. The number of carbonyl (C=O) groups is 2. The third-order valence-electron chi connectivity index (χ3n) is 1.12. The molecule has 0 aliphatic carbocycles.